The molecule has 0 fully saturated rings. The van der Waals surface area contributed by atoms with Gasteiger partial charge >= 0.3 is 0 Å². The molecule has 1 amide bonds. The molecule has 1 heterocycles. The van der Waals surface area contributed by atoms with Crippen LogP contribution in [0.25, 0.3) is 5.69 Å². The summed E-state index contributed by atoms with van der Waals surface area (Å²) >= 11 is 0. The number of nitrogens with zero attached hydrogens (tertiary/aromatic N) is 2. The lowest BCUT2D eigenvalue weighted by Crippen LogP contribution is -2.26. The third-order valence-corrected chi connectivity index (χ3v) is 5.14. The summed E-state index contributed by atoms with van der Waals surface area (Å²) in [5, 5.41) is 12.2. The lowest BCUT2D eigenvalue weighted by Gasteiger charge is -2.07. The number of para-hydroxylation sites is 1. The van der Waals surface area contributed by atoms with E-state index in [1.165, 1.54) is 12.1 Å². The molecule has 0 unspecified atom stereocenters. The molecular formula is C19H20N4O3S. The Hall–Kier alpha value is -2.97. The van der Waals surface area contributed by atoms with Gasteiger partial charge in [-0.3, -0.25) is 4.79 Å². The second-order valence-corrected chi connectivity index (χ2v) is 7.65. The Balaban J connectivity index is 1.61. The summed E-state index contributed by atoms with van der Waals surface area (Å²) < 4.78 is 24.2. The summed E-state index contributed by atoms with van der Waals surface area (Å²) in [4.78, 5) is 12.5. The first-order chi connectivity index (χ1) is 12.9. The number of benzene rings is 2. The van der Waals surface area contributed by atoms with E-state index in [0.717, 1.165) is 16.9 Å². The van der Waals surface area contributed by atoms with Crippen molar-refractivity contribution in [1.29, 1.82) is 0 Å². The molecule has 0 saturated heterocycles. The summed E-state index contributed by atoms with van der Waals surface area (Å²) in [5.74, 6) is -0.198. The van der Waals surface area contributed by atoms with Gasteiger partial charge in [0.25, 0.3) is 5.91 Å². The van der Waals surface area contributed by atoms with Crippen LogP contribution in [-0.4, -0.2) is 30.7 Å². The summed E-state index contributed by atoms with van der Waals surface area (Å²) in [6, 6.07) is 15.9. The topological polar surface area (TPSA) is 107 Å². The summed E-state index contributed by atoms with van der Waals surface area (Å²) in [7, 11) is -3.69. The molecular weight excluding hydrogens is 364 g/mol. The Kier molecular flexibility index (Phi) is 5.38. The molecule has 3 aromatic rings. The van der Waals surface area contributed by atoms with E-state index in [1.807, 2.05) is 37.3 Å². The van der Waals surface area contributed by atoms with Gasteiger partial charge in [-0.15, -0.1) is 0 Å². The van der Waals surface area contributed by atoms with Gasteiger partial charge in [0.05, 0.1) is 28.0 Å². The van der Waals surface area contributed by atoms with Gasteiger partial charge in [-0.05, 0) is 43.2 Å². The normalized spacial score (nSPS) is 11.3. The first kappa shape index (κ1) is 18.8. The molecule has 0 saturated carbocycles. The first-order valence-electron chi connectivity index (χ1n) is 8.36. The summed E-state index contributed by atoms with van der Waals surface area (Å²) in [6.07, 6.45) is 2.13. The molecule has 140 valence electrons. The summed E-state index contributed by atoms with van der Waals surface area (Å²) in [6.45, 7) is 2.27. The lowest BCUT2D eigenvalue weighted by atomic mass is 10.1. The molecule has 0 aliphatic heterocycles. The Morgan fingerprint density at radius 2 is 1.78 bits per heavy atom. The third kappa shape index (κ3) is 4.42. The van der Waals surface area contributed by atoms with Gasteiger partial charge < -0.3 is 5.32 Å². The number of hydrogen-bond donors (Lipinski definition) is 2. The predicted molar refractivity (Wildman–Crippen MR) is 102 cm³/mol. The fourth-order valence-electron chi connectivity index (χ4n) is 2.72. The number of rotatable bonds is 6. The van der Waals surface area contributed by atoms with E-state index in [4.69, 9.17) is 5.14 Å². The van der Waals surface area contributed by atoms with Gasteiger partial charge in [0.2, 0.25) is 10.0 Å². The predicted octanol–water partition coefficient (Wildman–Crippen LogP) is 1.80. The number of sulfonamides is 1. The highest BCUT2D eigenvalue weighted by molar-refractivity contribution is 7.89. The minimum absolute atomic E-state index is 0.0687. The molecule has 3 rings (SSSR count). The maximum Gasteiger partial charge on any atom is 0.254 e. The van der Waals surface area contributed by atoms with Crippen LogP contribution in [0, 0.1) is 6.92 Å². The van der Waals surface area contributed by atoms with Crippen molar-refractivity contribution >= 4 is 15.9 Å². The van der Waals surface area contributed by atoms with E-state index in [9.17, 15) is 13.2 Å². The van der Waals surface area contributed by atoms with E-state index in [2.05, 4.69) is 10.4 Å². The standard InChI is InChI=1S/C19H20N4O3S/c1-14-18(13-22-23(14)16-5-3-2-4-6-16)19(24)21-12-11-15-7-9-17(10-8-15)27(20,25)26/h2-10,13H,11-12H2,1H3,(H,21,24)(H2,20,25,26). The van der Waals surface area contributed by atoms with Crippen molar-refractivity contribution in [2.24, 2.45) is 5.14 Å². The fraction of sp³-hybridized carbons (Fsp3) is 0.158. The van der Waals surface area contributed by atoms with Crippen molar-refractivity contribution in [1.82, 2.24) is 15.1 Å². The molecule has 0 bridgehead atoms. The minimum atomic E-state index is -3.69. The quantitative estimate of drug-likeness (QED) is 0.676. The number of nitrogens with two attached hydrogens (primary N) is 1. The molecule has 8 heteroatoms. The van der Waals surface area contributed by atoms with E-state index >= 15 is 0 Å². The van der Waals surface area contributed by atoms with Gasteiger partial charge in [-0.2, -0.15) is 5.10 Å². The van der Waals surface area contributed by atoms with Gasteiger partial charge in [0.1, 0.15) is 0 Å². The fourth-order valence-corrected chi connectivity index (χ4v) is 3.24. The Morgan fingerprint density at radius 3 is 2.41 bits per heavy atom. The van der Waals surface area contributed by atoms with Gasteiger partial charge in [-0.1, -0.05) is 30.3 Å². The second kappa shape index (κ2) is 7.73. The van der Waals surface area contributed by atoms with E-state index in [1.54, 1.807) is 23.0 Å². The highest BCUT2D eigenvalue weighted by atomic mass is 32.2. The van der Waals surface area contributed by atoms with Crippen molar-refractivity contribution < 1.29 is 13.2 Å². The zero-order chi connectivity index (χ0) is 19.4. The van der Waals surface area contributed by atoms with Crippen molar-refractivity contribution in [3.05, 3.63) is 77.6 Å². The molecule has 3 N–H and O–H groups in total. The highest BCUT2D eigenvalue weighted by Crippen LogP contribution is 2.14. The molecule has 7 nitrogen and oxygen atoms in total. The van der Waals surface area contributed by atoms with Gasteiger partial charge in [0.15, 0.2) is 0 Å². The molecule has 0 radical (unpaired) electrons. The maximum atomic E-state index is 12.4. The molecule has 2 aromatic carbocycles. The first-order valence-corrected chi connectivity index (χ1v) is 9.91. The van der Waals surface area contributed by atoms with E-state index in [-0.39, 0.29) is 10.8 Å². The number of hydrogen-bond acceptors (Lipinski definition) is 4. The maximum absolute atomic E-state index is 12.4. The number of amides is 1. The average molecular weight is 384 g/mol. The average Bonchev–Trinajstić information content (AvgIpc) is 3.03. The zero-order valence-electron chi connectivity index (χ0n) is 14.8. The van der Waals surface area contributed by atoms with Crippen molar-refractivity contribution in [2.45, 2.75) is 18.2 Å². The number of carbonyl (C=O) groups is 1. The van der Waals surface area contributed by atoms with Crippen LogP contribution in [0.3, 0.4) is 0 Å². The van der Waals surface area contributed by atoms with Crippen molar-refractivity contribution in [3.8, 4) is 5.69 Å². The minimum Gasteiger partial charge on any atom is -0.352 e. The van der Waals surface area contributed by atoms with Crippen LogP contribution in [0.1, 0.15) is 21.6 Å². The molecule has 0 atom stereocenters. The monoisotopic (exact) mass is 384 g/mol. The van der Waals surface area contributed by atoms with E-state index in [0.29, 0.717) is 18.5 Å². The van der Waals surface area contributed by atoms with Crippen LogP contribution >= 0.6 is 0 Å². The Morgan fingerprint density at radius 1 is 1.11 bits per heavy atom. The number of nitrogens with one attached hydrogen (secondary N) is 1. The third-order valence-electron chi connectivity index (χ3n) is 4.21. The van der Waals surface area contributed by atoms with Crippen molar-refractivity contribution in [2.75, 3.05) is 6.54 Å². The summed E-state index contributed by atoms with van der Waals surface area (Å²) in [5.41, 5.74) is 3.07. The van der Waals surface area contributed by atoms with Crippen molar-refractivity contribution in [3.63, 3.8) is 0 Å². The van der Waals surface area contributed by atoms with Crippen LogP contribution in [-0.2, 0) is 16.4 Å². The van der Waals surface area contributed by atoms with Gasteiger partial charge in [-0.25, -0.2) is 18.2 Å². The van der Waals surface area contributed by atoms with Crippen LogP contribution in [0.5, 0.6) is 0 Å². The second-order valence-electron chi connectivity index (χ2n) is 6.09. The Bertz CT molecular complexity index is 1040. The zero-order valence-corrected chi connectivity index (χ0v) is 15.6. The Labute approximate surface area is 157 Å². The number of carbonyl (C=O) groups excluding carboxylic acids is 1. The molecule has 27 heavy (non-hydrogen) atoms. The lowest BCUT2D eigenvalue weighted by molar-refractivity contribution is 0.0953. The molecule has 0 aliphatic carbocycles. The van der Waals surface area contributed by atoms with E-state index < -0.39 is 10.0 Å². The molecule has 0 aliphatic rings. The van der Waals surface area contributed by atoms with Crippen LogP contribution < -0.4 is 10.5 Å². The van der Waals surface area contributed by atoms with Gasteiger partial charge in [0, 0.05) is 6.54 Å². The molecule has 0 spiro atoms. The smallest absolute Gasteiger partial charge is 0.254 e. The number of aromatic nitrogens is 2. The highest BCUT2D eigenvalue weighted by Gasteiger charge is 2.14. The molecule has 1 aromatic heterocycles. The number of primary sulfonamides is 1. The van der Waals surface area contributed by atoms with Crippen LogP contribution in [0.15, 0.2) is 65.7 Å². The van der Waals surface area contributed by atoms with Crippen LogP contribution in [0.4, 0.5) is 0 Å². The SMILES string of the molecule is Cc1c(C(=O)NCCc2ccc(S(N)(=O)=O)cc2)cnn1-c1ccccc1. The van der Waals surface area contributed by atoms with Crippen LogP contribution in [0.2, 0.25) is 0 Å². The largest absolute Gasteiger partial charge is 0.352 e.